The number of amidine groups is 1. The highest BCUT2D eigenvalue weighted by Crippen LogP contribution is 2.32. The number of hydrogen-bond acceptors (Lipinski definition) is 4. The Balaban J connectivity index is 2.94. The Bertz CT molecular complexity index is 449. The Hall–Kier alpha value is -2.12. The maximum Gasteiger partial charge on any atom is 0.573 e. The third-order valence-corrected chi connectivity index (χ3v) is 2.16. The molecule has 1 aromatic rings. The molecule has 0 spiro atoms. The van der Waals surface area contributed by atoms with E-state index in [-0.39, 0.29) is 11.6 Å². The van der Waals surface area contributed by atoms with Crippen LogP contribution in [0.2, 0.25) is 0 Å². The molecule has 0 aliphatic rings. The second-order valence-corrected chi connectivity index (χ2v) is 3.53. The molecule has 0 amide bonds. The number of para-hydroxylation sites is 2. The molecular formula is C11H13F3N2O3. The molecule has 0 bridgehead atoms. The van der Waals surface area contributed by atoms with Crippen LogP contribution in [0.25, 0.3) is 0 Å². The topological polar surface area (TPSA) is 77.1 Å². The molecule has 0 heterocycles. The average Bonchev–Trinajstić information content (AvgIpc) is 2.35. The van der Waals surface area contributed by atoms with Crippen molar-refractivity contribution in [2.75, 3.05) is 0 Å². The molecule has 8 heteroatoms. The van der Waals surface area contributed by atoms with Gasteiger partial charge >= 0.3 is 6.36 Å². The average molecular weight is 278 g/mol. The largest absolute Gasteiger partial charge is 0.573 e. The molecule has 106 valence electrons. The monoisotopic (exact) mass is 278 g/mol. The molecule has 19 heavy (non-hydrogen) atoms. The Morgan fingerprint density at radius 2 is 1.95 bits per heavy atom. The van der Waals surface area contributed by atoms with Crippen LogP contribution >= 0.6 is 0 Å². The summed E-state index contributed by atoms with van der Waals surface area (Å²) in [5.41, 5.74) is 5.36. The second-order valence-electron chi connectivity index (χ2n) is 3.53. The molecule has 1 rings (SSSR count). The van der Waals surface area contributed by atoms with Gasteiger partial charge in [-0.15, -0.1) is 13.2 Å². The van der Waals surface area contributed by atoms with Gasteiger partial charge in [0.1, 0.15) is 0 Å². The first-order chi connectivity index (χ1) is 8.87. The minimum Gasteiger partial charge on any atom is -0.479 e. The zero-order valence-corrected chi connectivity index (χ0v) is 10.0. The van der Waals surface area contributed by atoms with E-state index in [1.165, 1.54) is 18.2 Å². The normalized spacial score (nSPS) is 14.0. The summed E-state index contributed by atoms with van der Waals surface area (Å²) in [5, 5.41) is 11.3. The molecule has 0 saturated heterocycles. The lowest BCUT2D eigenvalue weighted by Gasteiger charge is -2.19. The van der Waals surface area contributed by atoms with Crippen molar-refractivity contribution in [1.29, 1.82) is 0 Å². The molecular weight excluding hydrogens is 265 g/mol. The first kappa shape index (κ1) is 14.9. The van der Waals surface area contributed by atoms with Gasteiger partial charge in [-0.3, -0.25) is 0 Å². The second kappa shape index (κ2) is 6.17. The summed E-state index contributed by atoms with van der Waals surface area (Å²) in [4.78, 5) is 0. The van der Waals surface area contributed by atoms with Crippen molar-refractivity contribution in [3.05, 3.63) is 24.3 Å². The van der Waals surface area contributed by atoms with Gasteiger partial charge in [0.2, 0.25) is 0 Å². The highest BCUT2D eigenvalue weighted by molar-refractivity contribution is 5.84. The van der Waals surface area contributed by atoms with Crippen LogP contribution in [0.15, 0.2) is 29.4 Å². The van der Waals surface area contributed by atoms with Crippen molar-refractivity contribution in [2.45, 2.75) is 25.8 Å². The van der Waals surface area contributed by atoms with Gasteiger partial charge in [0.15, 0.2) is 23.4 Å². The van der Waals surface area contributed by atoms with E-state index in [0.717, 1.165) is 6.07 Å². The minimum absolute atomic E-state index is 0.140. The molecule has 3 N–H and O–H groups in total. The minimum atomic E-state index is -4.82. The van der Waals surface area contributed by atoms with E-state index in [1.807, 2.05) is 0 Å². The van der Waals surface area contributed by atoms with Gasteiger partial charge in [-0.05, 0) is 18.6 Å². The zero-order chi connectivity index (χ0) is 14.5. The van der Waals surface area contributed by atoms with Gasteiger partial charge in [0, 0.05) is 0 Å². The molecule has 0 aliphatic carbocycles. The molecule has 0 aromatic heterocycles. The number of nitrogens with two attached hydrogens (primary N) is 1. The van der Waals surface area contributed by atoms with E-state index in [4.69, 9.17) is 15.7 Å². The Labute approximate surface area is 107 Å². The van der Waals surface area contributed by atoms with Crippen molar-refractivity contribution in [3.8, 4) is 11.5 Å². The SMILES string of the molecule is CCC(Oc1ccccc1OC(F)(F)F)/C(N)=N/O. The first-order valence-corrected chi connectivity index (χ1v) is 5.36. The molecule has 0 saturated carbocycles. The standard InChI is InChI=1S/C11H13F3N2O3/c1-2-7(10(15)16-17)18-8-5-3-4-6-9(8)19-11(12,13)14/h3-7,17H,2H2,1H3,(H2,15,16). The predicted molar refractivity (Wildman–Crippen MR) is 61.2 cm³/mol. The van der Waals surface area contributed by atoms with Gasteiger partial charge in [-0.25, -0.2) is 0 Å². The van der Waals surface area contributed by atoms with E-state index in [9.17, 15) is 13.2 Å². The van der Waals surface area contributed by atoms with E-state index in [0.29, 0.717) is 6.42 Å². The van der Waals surface area contributed by atoms with Crippen molar-refractivity contribution in [1.82, 2.24) is 0 Å². The molecule has 1 aromatic carbocycles. The highest BCUT2D eigenvalue weighted by Gasteiger charge is 2.32. The number of benzene rings is 1. The van der Waals surface area contributed by atoms with E-state index >= 15 is 0 Å². The van der Waals surface area contributed by atoms with Crippen LogP contribution < -0.4 is 15.2 Å². The van der Waals surface area contributed by atoms with Crippen LogP contribution in [0, 0.1) is 0 Å². The van der Waals surface area contributed by atoms with E-state index < -0.39 is 18.2 Å². The summed E-state index contributed by atoms with van der Waals surface area (Å²) in [5.74, 6) is -0.859. The fourth-order valence-electron chi connectivity index (χ4n) is 1.33. The number of hydrogen-bond donors (Lipinski definition) is 2. The maximum atomic E-state index is 12.2. The van der Waals surface area contributed by atoms with Crippen LogP contribution in [-0.2, 0) is 0 Å². The Morgan fingerprint density at radius 3 is 2.42 bits per heavy atom. The number of alkyl halides is 3. The summed E-state index contributed by atoms with van der Waals surface area (Å²) < 4.78 is 45.7. The summed E-state index contributed by atoms with van der Waals surface area (Å²) in [7, 11) is 0. The molecule has 0 aliphatic heterocycles. The van der Waals surface area contributed by atoms with Crippen LogP contribution in [0.4, 0.5) is 13.2 Å². The third-order valence-electron chi connectivity index (χ3n) is 2.16. The molecule has 5 nitrogen and oxygen atoms in total. The summed E-state index contributed by atoms with van der Waals surface area (Å²) in [6.45, 7) is 1.68. The number of nitrogens with zero attached hydrogens (tertiary/aromatic N) is 1. The van der Waals surface area contributed by atoms with Gasteiger partial charge in [0.25, 0.3) is 0 Å². The lowest BCUT2D eigenvalue weighted by Crippen LogP contribution is -2.33. The highest BCUT2D eigenvalue weighted by atomic mass is 19.4. The van der Waals surface area contributed by atoms with Crippen LogP contribution in [0.3, 0.4) is 0 Å². The van der Waals surface area contributed by atoms with Crippen molar-refractivity contribution in [2.24, 2.45) is 10.9 Å². The summed E-state index contributed by atoms with van der Waals surface area (Å²) in [6, 6.07) is 5.27. The van der Waals surface area contributed by atoms with Gasteiger partial charge in [0.05, 0.1) is 0 Å². The summed E-state index contributed by atoms with van der Waals surface area (Å²) in [6.07, 6.45) is -5.35. The van der Waals surface area contributed by atoms with E-state index in [1.54, 1.807) is 6.92 Å². The van der Waals surface area contributed by atoms with Gasteiger partial charge < -0.3 is 20.4 Å². The number of rotatable bonds is 5. The number of halogens is 3. The fraction of sp³-hybridized carbons (Fsp3) is 0.364. The summed E-state index contributed by atoms with van der Waals surface area (Å²) >= 11 is 0. The quantitative estimate of drug-likeness (QED) is 0.375. The van der Waals surface area contributed by atoms with E-state index in [2.05, 4.69) is 9.89 Å². The van der Waals surface area contributed by atoms with Crippen LogP contribution in [0.5, 0.6) is 11.5 Å². The van der Waals surface area contributed by atoms with Crippen LogP contribution in [-0.4, -0.2) is 23.5 Å². The number of oxime groups is 1. The lowest BCUT2D eigenvalue weighted by atomic mass is 10.2. The molecule has 0 fully saturated rings. The Kier molecular flexibility index (Phi) is 4.85. The third kappa shape index (κ3) is 4.57. The zero-order valence-electron chi connectivity index (χ0n) is 10.0. The fourth-order valence-corrected chi connectivity index (χ4v) is 1.33. The van der Waals surface area contributed by atoms with Crippen molar-refractivity contribution < 1.29 is 27.9 Å². The first-order valence-electron chi connectivity index (χ1n) is 5.36. The van der Waals surface area contributed by atoms with Gasteiger partial charge in [-0.2, -0.15) is 0 Å². The lowest BCUT2D eigenvalue weighted by molar-refractivity contribution is -0.275. The van der Waals surface area contributed by atoms with Gasteiger partial charge in [-0.1, -0.05) is 24.2 Å². The molecule has 0 radical (unpaired) electrons. The van der Waals surface area contributed by atoms with Crippen molar-refractivity contribution in [3.63, 3.8) is 0 Å². The molecule has 1 unspecified atom stereocenters. The number of ether oxygens (including phenoxy) is 2. The molecule has 1 atom stereocenters. The predicted octanol–water partition coefficient (Wildman–Crippen LogP) is 2.49. The van der Waals surface area contributed by atoms with Crippen LogP contribution in [0.1, 0.15) is 13.3 Å². The maximum absolute atomic E-state index is 12.2. The smallest absolute Gasteiger partial charge is 0.479 e. The Morgan fingerprint density at radius 1 is 1.37 bits per heavy atom. The van der Waals surface area contributed by atoms with Crippen molar-refractivity contribution >= 4 is 5.84 Å².